The van der Waals surface area contributed by atoms with E-state index >= 15 is 0 Å². The van der Waals surface area contributed by atoms with Crippen LogP contribution in [0, 0.1) is 17.7 Å². The van der Waals surface area contributed by atoms with Gasteiger partial charge in [0, 0.05) is 31.1 Å². The van der Waals surface area contributed by atoms with Gasteiger partial charge < -0.3 is 15.4 Å². The lowest BCUT2D eigenvalue weighted by Gasteiger charge is -2.16. The van der Waals surface area contributed by atoms with E-state index in [2.05, 4.69) is 0 Å². The van der Waals surface area contributed by atoms with E-state index in [4.69, 9.17) is 22.1 Å². The third-order valence-corrected chi connectivity index (χ3v) is 3.87. The first-order valence-electron chi connectivity index (χ1n) is 6.46. The minimum Gasteiger partial charge on any atom is -0.384 e. The molecule has 1 heterocycles. The second-order valence-electron chi connectivity index (χ2n) is 5.06. The average molecular weight is 315 g/mol. The van der Waals surface area contributed by atoms with Crippen LogP contribution in [0.5, 0.6) is 0 Å². The maximum Gasteiger partial charge on any atom is 0.256 e. The van der Waals surface area contributed by atoms with Crippen LogP contribution in [0.1, 0.15) is 10.4 Å². The highest BCUT2D eigenvalue weighted by Gasteiger charge is 2.39. The first kappa shape index (κ1) is 15.7. The van der Waals surface area contributed by atoms with Crippen LogP contribution < -0.4 is 5.73 Å². The number of nitrogens with two attached hydrogens (primary N) is 1. The number of carbonyl (C=O) groups excluding carboxylic acids is 2. The van der Waals surface area contributed by atoms with Gasteiger partial charge in [-0.05, 0) is 18.2 Å². The summed E-state index contributed by atoms with van der Waals surface area (Å²) in [5.74, 6) is -2.30. The summed E-state index contributed by atoms with van der Waals surface area (Å²) in [7, 11) is 1.51. The molecule has 0 unspecified atom stereocenters. The number of primary amides is 1. The molecule has 2 rings (SSSR count). The van der Waals surface area contributed by atoms with Gasteiger partial charge in [-0.2, -0.15) is 0 Å². The molecule has 0 aromatic heterocycles. The van der Waals surface area contributed by atoms with Crippen LogP contribution in [0.2, 0.25) is 5.02 Å². The van der Waals surface area contributed by atoms with Gasteiger partial charge in [0.25, 0.3) is 5.91 Å². The highest BCUT2D eigenvalue weighted by molar-refractivity contribution is 6.31. The van der Waals surface area contributed by atoms with Gasteiger partial charge in [0.2, 0.25) is 5.91 Å². The number of amides is 2. The summed E-state index contributed by atoms with van der Waals surface area (Å²) < 4.78 is 18.8. The smallest absolute Gasteiger partial charge is 0.256 e. The maximum atomic E-state index is 13.8. The van der Waals surface area contributed by atoms with Crippen molar-refractivity contribution >= 4 is 23.4 Å². The largest absolute Gasteiger partial charge is 0.384 e. The Morgan fingerprint density at radius 3 is 2.81 bits per heavy atom. The molecule has 5 nitrogen and oxygen atoms in total. The monoisotopic (exact) mass is 314 g/mol. The SMILES string of the molecule is COC[C@@H]1CN(C(=O)c2cc(Cl)ccc2F)C[C@H]1C(N)=O. The molecule has 0 bridgehead atoms. The fourth-order valence-electron chi connectivity index (χ4n) is 2.57. The second kappa shape index (κ2) is 6.41. The molecule has 114 valence electrons. The molecule has 0 radical (unpaired) electrons. The number of ether oxygens (including phenoxy) is 1. The number of carbonyl (C=O) groups is 2. The molecule has 7 heteroatoms. The molecular weight excluding hydrogens is 299 g/mol. The Morgan fingerprint density at radius 2 is 2.19 bits per heavy atom. The summed E-state index contributed by atoms with van der Waals surface area (Å²) in [6, 6.07) is 3.80. The standard InChI is InChI=1S/C14H16ClFN2O3/c1-21-7-8-5-18(6-11(8)13(17)19)14(20)10-4-9(15)2-3-12(10)16/h2-4,8,11H,5-7H2,1H3,(H2,17,19)/t8-,11+/m0/s1. The maximum absolute atomic E-state index is 13.8. The number of methoxy groups -OCH3 is 1. The summed E-state index contributed by atoms with van der Waals surface area (Å²) >= 11 is 5.79. The Hall–Kier alpha value is -1.66. The molecule has 21 heavy (non-hydrogen) atoms. The molecule has 0 saturated carbocycles. The van der Waals surface area contributed by atoms with E-state index in [1.807, 2.05) is 0 Å². The van der Waals surface area contributed by atoms with Crippen molar-refractivity contribution in [3.05, 3.63) is 34.6 Å². The Labute approximate surface area is 126 Å². The van der Waals surface area contributed by atoms with Crippen LogP contribution in [-0.2, 0) is 9.53 Å². The number of benzene rings is 1. The van der Waals surface area contributed by atoms with Crippen molar-refractivity contribution in [3.8, 4) is 0 Å². The third kappa shape index (κ3) is 3.33. The molecule has 1 aromatic carbocycles. The van der Waals surface area contributed by atoms with Crippen LogP contribution in [0.4, 0.5) is 4.39 Å². The molecule has 0 spiro atoms. The first-order valence-corrected chi connectivity index (χ1v) is 6.84. The van der Waals surface area contributed by atoms with Gasteiger partial charge >= 0.3 is 0 Å². The van der Waals surface area contributed by atoms with Gasteiger partial charge in [0.1, 0.15) is 5.82 Å². The fourth-order valence-corrected chi connectivity index (χ4v) is 2.75. The zero-order valence-corrected chi connectivity index (χ0v) is 12.3. The zero-order chi connectivity index (χ0) is 15.6. The Morgan fingerprint density at radius 1 is 1.48 bits per heavy atom. The van der Waals surface area contributed by atoms with E-state index in [9.17, 15) is 14.0 Å². The number of rotatable bonds is 4. The number of hydrogen-bond donors (Lipinski definition) is 1. The first-order chi connectivity index (χ1) is 9.93. The van der Waals surface area contributed by atoms with E-state index < -0.39 is 23.5 Å². The quantitative estimate of drug-likeness (QED) is 0.910. The second-order valence-corrected chi connectivity index (χ2v) is 5.50. The van der Waals surface area contributed by atoms with Crippen LogP contribution >= 0.6 is 11.6 Å². The molecule has 2 N–H and O–H groups in total. The van der Waals surface area contributed by atoms with Crippen molar-refractivity contribution in [2.45, 2.75) is 0 Å². The molecule has 1 aliphatic rings. The summed E-state index contributed by atoms with van der Waals surface area (Å²) in [5.41, 5.74) is 5.24. The normalized spacial score (nSPS) is 21.6. The summed E-state index contributed by atoms with van der Waals surface area (Å²) in [4.78, 5) is 25.2. The molecular formula is C14H16ClFN2O3. The number of likely N-dealkylation sites (tertiary alicyclic amines) is 1. The molecule has 1 fully saturated rings. The van der Waals surface area contributed by atoms with Gasteiger partial charge in [0.05, 0.1) is 18.1 Å². The number of halogens is 2. The van der Waals surface area contributed by atoms with Gasteiger partial charge in [-0.1, -0.05) is 11.6 Å². The van der Waals surface area contributed by atoms with Crippen LogP contribution in [0.3, 0.4) is 0 Å². The van der Waals surface area contributed by atoms with E-state index in [-0.39, 0.29) is 23.0 Å². The van der Waals surface area contributed by atoms with E-state index in [0.29, 0.717) is 13.2 Å². The van der Waals surface area contributed by atoms with Gasteiger partial charge in [-0.3, -0.25) is 9.59 Å². The topological polar surface area (TPSA) is 72.6 Å². The van der Waals surface area contributed by atoms with Crippen molar-refractivity contribution in [3.63, 3.8) is 0 Å². The molecule has 2 atom stereocenters. The lowest BCUT2D eigenvalue weighted by molar-refractivity contribution is -0.122. The Kier molecular flexibility index (Phi) is 4.80. The molecule has 1 aromatic rings. The fraction of sp³-hybridized carbons (Fsp3) is 0.429. The Balaban J connectivity index is 2.20. The van der Waals surface area contributed by atoms with Crippen LogP contribution in [0.25, 0.3) is 0 Å². The molecule has 2 amide bonds. The van der Waals surface area contributed by atoms with Crippen molar-refractivity contribution in [2.24, 2.45) is 17.6 Å². The average Bonchev–Trinajstić information content (AvgIpc) is 2.85. The minimum absolute atomic E-state index is 0.108. The van der Waals surface area contributed by atoms with Gasteiger partial charge in [0.15, 0.2) is 0 Å². The summed E-state index contributed by atoms with van der Waals surface area (Å²) in [6.07, 6.45) is 0. The van der Waals surface area contributed by atoms with Gasteiger partial charge in [-0.25, -0.2) is 4.39 Å². The summed E-state index contributed by atoms with van der Waals surface area (Å²) in [6.45, 7) is 0.774. The van der Waals surface area contributed by atoms with E-state index in [1.54, 1.807) is 0 Å². The highest BCUT2D eigenvalue weighted by Crippen LogP contribution is 2.26. The van der Waals surface area contributed by atoms with Crippen LogP contribution in [-0.4, -0.2) is 43.5 Å². The molecule has 1 aliphatic heterocycles. The van der Waals surface area contributed by atoms with E-state index in [1.165, 1.54) is 24.1 Å². The highest BCUT2D eigenvalue weighted by atomic mass is 35.5. The van der Waals surface area contributed by atoms with Crippen molar-refractivity contribution in [2.75, 3.05) is 26.8 Å². The predicted octanol–water partition coefficient (Wildman–Crippen LogP) is 1.30. The van der Waals surface area contributed by atoms with Gasteiger partial charge in [-0.15, -0.1) is 0 Å². The van der Waals surface area contributed by atoms with Crippen molar-refractivity contribution in [1.82, 2.24) is 4.90 Å². The number of hydrogen-bond acceptors (Lipinski definition) is 3. The third-order valence-electron chi connectivity index (χ3n) is 3.63. The molecule has 0 aliphatic carbocycles. The minimum atomic E-state index is -0.643. The predicted molar refractivity (Wildman–Crippen MR) is 75.4 cm³/mol. The summed E-state index contributed by atoms with van der Waals surface area (Å²) in [5, 5.41) is 0.277. The zero-order valence-electron chi connectivity index (χ0n) is 11.5. The lowest BCUT2D eigenvalue weighted by Crippen LogP contribution is -2.32. The van der Waals surface area contributed by atoms with Crippen molar-refractivity contribution in [1.29, 1.82) is 0 Å². The number of nitrogens with zero attached hydrogens (tertiary/aromatic N) is 1. The van der Waals surface area contributed by atoms with E-state index in [0.717, 1.165) is 6.07 Å². The van der Waals surface area contributed by atoms with Crippen LogP contribution in [0.15, 0.2) is 18.2 Å². The lowest BCUT2D eigenvalue weighted by atomic mass is 9.96. The van der Waals surface area contributed by atoms with Crippen molar-refractivity contribution < 1.29 is 18.7 Å². The molecule has 1 saturated heterocycles. The Bertz CT molecular complexity index is 567.